The fourth-order valence-electron chi connectivity index (χ4n) is 1.68. The molecule has 0 saturated carbocycles. The maximum Gasteiger partial charge on any atom is 0.171 e. The molecule has 0 aliphatic carbocycles. The second-order valence-electron chi connectivity index (χ2n) is 4.03. The Morgan fingerprint density at radius 2 is 2.24 bits per heavy atom. The van der Waals surface area contributed by atoms with Crippen LogP contribution in [0.3, 0.4) is 0 Å². The van der Waals surface area contributed by atoms with Crippen LogP contribution in [0, 0.1) is 0 Å². The molecule has 0 spiro atoms. The van der Waals surface area contributed by atoms with Crippen molar-refractivity contribution in [1.29, 1.82) is 0 Å². The maximum atomic E-state index is 5.96. The van der Waals surface area contributed by atoms with Crippen LogP contribution in [0.2, 0.25) is 5.02 Å². The van der Waals surface area contributed by atoms with E-state index in [0.717, 1.165) is 10.6 Å². The molecule has 1 heterocycles. The Balaban J connectivity index is 2.16. The first-order valence-corrected chi connectivity index (χ1v) is 5.75. The molecule has 2 aromatic rings. The molecule has 4 nitrogen and oxygen atoms in total. The third-order valence-electron chi connectivity index (χ3n) is 2.56. The predicted octanol–water partition coefficient (Wildman–Crippen LogP) is 2.83. The van der Waals surface area contributed by atoms with Crippen molar-refractivity contribution < 1.29 is 0 Å². The van der Waals surface area contributed by atoms with Crippen LogP contribution in [0.5, 0.6) is 0 Å². The third kappa shape index (κ3) is 2.71. The van der Waals surface area contributed by atoms with Gasteiger partial charge in [-0.3, -0.25) is 4.68 Å². The Hall–Kier alpha value is -1.68. The molecule has 0 bridgehead atoms. The molecule has 5 heteroatoms. The number of aryl methyl sites for hydroxylation is 1. The predicted molar refractivity (Wildman–Crippen MR) is 71.1 cm³/mol. The van der Waals surface area contributed by atoms with Gasteiger partial charge in [0.15, 0.2) is 5.82 Å². The summed E-state index contributed by atoms with van der Waals surface area (Å²) in [5, 5.41) is 8.23. The molecule has 2 rings (SSSR count). The summed E-state index contributed by atoms with van der Waals surface area (Å²) >= 11 is 5.96. The number of rotatable bonds is 3. The molecule has 0 aliphatic rings. The van der Waals surface area contributed by atoms with Crippen LogP contribution >= 0.6 is 11.6 Å². The smallest absolute Gasteiger partial charge is 0.171 e. The molecular weight excluding hydrogens is 236 g/mol. The number of anilines is 2. The lowest BCUT2D eigenvalue weighted by Gasteiger charge is -2.14. The molecule has 1 unspecified atom stereocenters. The van der Waals surface area contributed by atoms with Gasteiger partial charge in [0.1, 0.15) is 0 Å². The van der Waals surface area contributed by atoms with E-state index < -0.39 is 0 Å². The Bertz CT molecular complexity index is 521. The van der Waals surface area contributed by atoms with Crippen LogP contribution in [-0.4, -0.2) is 9.78 Å². The van der Waals surface area contributed by atoms with Crippen molar-refractivity contribution in [1.82, 2.24) is 9.78 Å². The van der Waals surface area contributed by atoms with Gasteiger partial charge < -0.3 is 11.1 Å². The van der Waals surface area contributed by atoms with E-state index in [9.17, 15) is 0 Å². The van der Waals surface area contributed by atoms with Gasteiger partial charge in [-0.05, 0) is 24.6 Å². The quantitative estimate of drug-likeness (QED) is 0.881. The highest BCUT2D eigenvalue weighted by atomic mass is 35.5. The van der Waals surface area contributed by atoms with Crippen molar-refractivity contribution in [2.45, 2.75) is 13.0 Å². The van der Waals surface area contributed by atoms with E-state index in [1.54, 1.807) is 10.9 Å². The number of nitrogens with one attached hydrogen (secondary N) is 1. The minimum atomic E-state index is 0.103. The largest absolute Gasteiger partial charge is 0.394 e. The fourth-order valence-corrected chi connectivity index (χ4v) is 1.88. The first-order valence-electron chi connectivity index (χ1n) is 5.37. The number of hydrogen-bond acceptors (Lipinski definition) is 3. The summed E-state index contributed by atoms with van der Waals surface area (Å²) in [7, 11) is 1.84. The monoisotopic (exact) mass is 250 g/mol. The summed E-state index contributed by atoms with van der Waals surface area (Å²) in [6, 6.07) is 7.83. The van der Waals surface area contributed by atoms with E-state index in [-0.39, 0.29) is 6.04 Å². The number of nitrogens with zero attached hydrogens (tertiary/aromatic N) is 2. The Kier molecular flexibility index (Phi) is 3.24. The van der Waals surface area contributed by atoms with E-state index >= 15 is 0 Å². The molecule has 0 saturated heterocycles. The molecule has 1 atom stereocenters. The molecule has 0 amide bonds. The van der Waals surface area contributed by atoms with E-state index in [0.29, 0.717) is 11.5 Å². The summed E-state index contributed by atoms with van der Waals surface area (Å²) in [6.07, 6.45) is 1.77. The molecule has 0 aliphatic heterocycles. The second-order valence-corrected chi connectivity index (χ2v) is 4.46. The second kappa shape index (κ2) is 4.67. The van der Waals surface area contributed by atoms with Gasteiger partial charge >= 0.3 is 0 Å². The molecule has 3 N–H and O–H groups in total. The van der Waals surface area contributed by atoms with Crippen molar-refractivity contribution in [3.05, 3.63) is 41.0 Å². The van der Waals surface area contributed by atoms with Crippen LogP contribution in [0.4, 0.5) is 11.5 Å². The van der Waals surface area contributed by atoms with Crippen molar-refractivity contribution in [3.8, 4) is 0 Å². The fraction of sp³-hybridized carbons (Fsp3) is 0.250. The number of nitrogens with two attached hydrogens (primary N) is 1. The SMILES string of the molecule is CC(Nc1nn(C)cc1N)c1cccc(Cl)c1. The van der Waals surface area contributed by atoms with Gasteiger partial charge in [-0.15, -0.1) is 0 Å². The topological polar surface area (TPSA) is 55.9 Å². The number of nitrogen functional groups attached to an aromatic ring is 1. The first kappa shape index (κ1) is 11.8. The number of benzene rings is 1. The highest BCUT2D eigenvalue weighted by Gasteiger charge is 2.10. The van der Waals surface area contributed by atoms with Crippen LogP contribution in [-0.2, 0) is 7.05 Å². The zero-order valence-corrected chi connectivity index (χ0v) is 10.6. The summed E-state index contributed by atoms with van der Waals surface area (Å²) in [5.41, 5.74) is 7.57. The Morgan fingerprint density at radius 3 is 2.82 bits per heavy atom. The zero-order chi connectivity index (χ0) is 12.4. The first-order chi connectivity index (χ1) is 8.06. The van der Waals surface area contributed by atoms with E-state index in [1.165, 1.54) is 0 Å². The van der Waals surface area contributed by atoms with Gasteiger partial charge in [-0.25, -0.2) is 0 Å². The Morgan fingerprint density at radius 1 is 1.47 bits per heavy atom. The number of aromatic nitrogens is 2. The minimum absolute atomic E-state index is 0.103. The average Bonchev–Trinajstić information content (AvgIpc) is 2.57. The third-order valence-corrected chi connectivity index (χ3v) is 2.79. The summed E-state index contributed by atoms with van der Waals surface area (Å²) in [4.78, 5) is 0. The Labute approximate surface area is 105 Å². The van der Waals surface area contributed by atoms with Gasteiger partial charge in [-0.1, -0.05) is 23.7 Å². The van der Waals surface area contributed by atoms with Crippen molar-refractivity contribution in [2.75, 3.05) is 11.1 Å². The molecular formula is C12H15ClN4. The summed E-state index contributed by atoms with van der Waals surface area (Å²) in [5.74, 6) is 0.694. The van der Waals surface area contributed by atoms with Gasteiger partial charge in [0, 0.05) is 18.3 Å². The van der Waals surface area contributed by atoms with Gasteiger partial charge in [0.25, 0.3) is 0 Å². The van der Waals surface area contributed by atoms with Gasteiger partial charge in [0.2, 0.25) is 0 Å². The lowest BCUT2D eigenvalue weighted by molar-refractivity contribution is 0.760. The lowest BCUT2D eigenvalue weighted by atomic mass is 10.1. The van der Waals surface area contributed by atoms with Gasteiger partial charge in [0.05, 0.1) is 11.7 Å². The van der Waals surface area contributed by atoms with E-state index in [2.05, 4.69) is 10.4 Å². The molecule has 90 valence electrons. The van der Waals surface area contributed by atoms with E-state index in [4.69, 9.17) is 17.3 Å². The molecule has 17 heavy (non-hydrogen) atoms. The standard InChI is InChI=1S/C12H15ClN4/c1-8(9-4-3-5-10(13)6-9)15-12-11(14)7-17(2)16-12/h3-8H,14H2,1-2H3,(H,15,16). The lowest BCUT2D eigenvalue weighted by Crippen LogP contribution is -2.08. The van der Waals surface area contributed by atoms with E-state index in [1.807, 2.05) is 38.2 Å². The van der Waals surface area contributed by atoms with Crippen molar-refractivity contribution in [3.63, 3.8) is 0 Å². The normalized spacial score (nSPS) is 12.4. The summed E-state index contributed by atoms with van der Waals surface area (Å²) in [6.45, 7) is 2.04. The minimum Gasteiger partial charge on any atom is -0.394 e. The maximum absolute atomic E-state index is 5.96. The van der Waals surface area contributed by atoms with Gasteiger partial charge in [-0.2, -0.15) is 5.10 Å². The summed E-state index contributed by atoms with van der Waals surface area (Å²) < 4.78 is 1.68. The molecule has 1 aromatic carbocycles. The van der Waals surface area contributed by atoms with Crippen molar-refractivity contribution in [2.24, 2.45) is 7.05 Å². The number of halogens is 1. The highest BCUT2D eigenvalue weighted by molar-refractivity contribution is 6.30. The highest BCUT2D eigenvalue weighted by Crippen LogP contribution is 2.23. The number of hydrogen-bond donors (Lipinski definition) is 2. The molecule has 1 aromatic heterocycles. The van der Waals surface area contributed by atoms with Crippen LogP contribution in [0.25, 0.3) is 0 Å². The molecule has 0 fully saturated rings. The van der Waals surface area contributed by atoms with Crippen LogP contribution in [0.1, 0.15) is 18.5 Å². The molecule has 0 radical (unpaired) electrons. The zero-order valence-electron chi connectivity index (χ0n) is 9.81. The van der Waals surface area contributed by atoms with Crippen LogP contribution < -0.4 is 11.1 Å². The van der Waals surface area contributed by atoms with Crippen molar-refractivity contribution >= 4 is 23.1 Å². The van der Waals surface area contributed by atoms with Crippen LogP contribution in [0.15, 0.2) is 30.5 Å². The average molecular weight is 251 g/mol.